The lowest BCUT2D eigenvalue weighted by Gasteiger charge is -2.40. The number of ether oxygens (including phenoxy) is 2. The van der Waals surface area contributed by atoms with Gasteiger partial charge < -0.3 is 24.1 Å². The summed E-state index contributed by atoms with van der Waals surface area (Å²) in [5, 5.41) is 2.99. The number of amides is 2. The lowest BCUT2D eigenvalue weighted by molar-refractivity contribution is -0.126. The average Bonchev–Trinajstić information content (AvgIpc) is 3.75. The number of nitrogens with zero attached hydrogens (tertiary/aromatic N) is 6. The number of aromatic nitrogens is 4. The number of benzene rings is 1. The van der Waals surface area contributed by atoms with E-state index in [1.54, 1.807) is 35.6 Å². The van der Waals surface area contributed by atoms with Gasteiger partial charge in [0, 0.05) is 50.7 Å². The predicted molar refractivity (Wildman–Crippen MR) is 158 cm³/mol. The molecule has 12 heteroatoms. The fourth-order valence-corrected chi connectivity index (χ4v) is 4.98. The molecule has 6 rings (SSSR count). The number of nitrogens with one attached hydrogen (secondary N) is 1. The van der Waals surface area contributed by atoms with E-state index in [1.165, 1.54) is 4.90 Å². The van der Waals surface area contributed by atoms with E-state index in [4.69, 9.17) is 23.9 Å². The van der Waals surface area contributed by atoms with Gasteiger partial charge in [0.15, 0.2) is 11.5 Å². The van der Waals surface area contributed by atoms with Gasteiger partial charge in [-0.05, 0) is 23.1 Å². The van der Waals surface area contributed by atoms with Gasteiger partial charge in [-0.15, -0.1) is 0 Å². The number of piperazine rings is 1. The van der Waals surface area contributed by atoms with E-state index in [0.29, 0.717) is 36.4 Å². The molecule has 2 amide bonds. The number of imidazole rings is 1. The van der Waals surface area contributed by atoms with Crippen LogP contribution in [0, 0.1) is 0 Å². The third-order valence-electron chi connectivity index (χ3n) is 7.39. The highest BCUT2D eigenvalue weighted by atomic mass is 16.6. The summed E-state index contributed by atoms with van der Waals surface area (Å²) in [7, 11) is 0. The quantitative estimate of drug-likeness (QED) is 0.329. The summed E-state index contributed by atoms with van der Waals surface area (Å²) in [6.07, 6.45) is 7.99. The van der Waals surface area contributed by atoms with Gasteiger partial charge in [0.1, 0.15) is 31.4 Å². The van der Waals surface area contributed by atoms with Crippen molar-refractivity contribution < 1.29 is 23.5 Å². The number of hydrogen-bond donors (Lipinski definition) is 1. The van der Waals surface area contributed by atoms with Gasteiger partial charge >= 0.3 is 6.09 Å². The van der Waals surface area contributed by atoms with E-state index in [9.17, 15) is 9.59 Å². The Bertz CT molecular complexity index is 1600. The van der Waals surface area contributed by atoms with E-state index in [0.717, 1.165) is 16.8 Å². The van der Waals surface area contributed by atoms with Crippen molar-refractivity contribution in [2.75, 3.05) is 37.7 Å². The van der Waals surface area contributed by atoms with Crippen LogP contribution >= 0.6 is 0 Å². The van der Waals surface area contributed by atoms with Gasteiger partial charge in [0.2, 0.25) is 11.9 Å². The Balaban J connectivity index is 1.22. The van der Waals surface area contributed by atoms with Gasteiger partial charge in [-0.2, -0.15) is 4.98 Å². The van der Waals surface area contributed by atoms with Crippen LogP contribution in [-0.2, 0) is 16.1 Å². The van der Waals surface area contributed by atoms with E-state index < -0.39 is 12.1 Å². The fourth-order valence-electron chi connectivity index (χ4n) is 4.98. The van der Waals surface area contributed by atoms with Gasteiger partial charge in [0.05, 0.1) is 12.0 Å². The van der Waals surface area contributed by atoms with Crippen LogP contribution in [0.5, 0.6) is 5.75 Å². The van der Waals surface area contributed by atoms with Crippen LogP contribution in [0.2, 0.25) is 0 Å². The number of carbonyl (C=O) groups excluding carboxylic acids is 2. The van der Waals surface area contributed by atoms with Crippen LogP contribution < -0.4 is 15.0 Å². The topological polar surface area (TPSA) is 128 Å². The highest BCUT2D eigenvalue weighted by Crippen LogP contribution is 2.27. The molecular weight excluding hydrogens is 550 g/mol. The molecule has 3 aromatic heterocycles. The average molecular weight is 584 g/mol. The van der Waals surface area contributed by atoms with Crippen LogP contribution in [-0.4, -0.2) is 75.2 Å². The molecule has 5 heterocycles. The second-order valence-corrected chi connectivity index (χ2v) is 10.7. The SMILES string of the molecule is CC(C)c1cc(N2CCN(C(=O)OCc3ccccc3)C(C(=O)NCC3=Cc4occc4OC3)C2)nc(-n2ccnc2)n1. The van der Waals surface area contributed by atoms with Gasteiger partial charge in [-0.25, -0.2) is 14.8 Å². The Labute approximate surface area is 249 Å². The lowest BCUT2D eigenvalue weighted by Crippen LogP contribution is -2.61. The number of furan rings is 1. The summed E-state index contributed by atoms with van der Waals surface area (Å²) in [6.45, 7) is 5.79. The Morgan fingerprint density at radius 3 is 2.79 bits per heavy atom. The first-order chi connectivity index (χ1) is 20.9. The molecule has 2 aliphatic heterocycles. The summed E-state index contributed by atoms with van der Waals surface area (Å²) in [5.74, 6) is 2.30. The number of hydrogen-bond acceptors (Lipinski definition) is 9. The minimum Gasteiger partial charge on any atom is -0.485 e. The molecule has 222 valence electrons. The lowest BCUT2D eigenvalue weighted by atomic mass is 10.1. The second kappa shape index (κ2) is 12.4. The Morgan fingerprint density at radius 1 is 1.14 bits per heavy atom. The zero-order chi connectivity index (χ0) is 29.8. The van der Waals surface area contributed by atoms with Gasteiger partial charge in [0.25, 0.3) is 0 Å². The van der Waals surface area contributed by atoms with Gasteiger partial charge in [-0.1, -0.05) is 44.2 Å². The van der Waals surface area contributed by atoms with Crippen molar-refractivity contribution in [3.05, 3.63) is 90.0 Å². The maximum atomic E-state index is 13.7. The molecule has 1 aromatic carbocycles. The van der Waals surface area contributed by atoms with Crippen LogP contribution in [0.25, 0.3) is 12.0 Å². The van der Waals surface area contributed by atoms with Gasteiger partial charge in [-0.3, -0.25) is 14.3 Å². The van der Waals surface area contributed by atoms with Crippen LogP contribution in [0.1, 0.15) is 36.8 Å². The molecule has 1 fully saturated rings. The molecule has 0 saturated carbocycles. The first kappa shape index (κ1) is 28.0. The van der Waals surface area contributed by atoms with E-state index in [-0.39, 0.29) is 38.1 Å². The number of anilines is 1. The highest BCUT2D eigenvalue weighted by Gasteiger charge is 2.37. The smallest absolute Gasteiger partial charge is 0.410 e. The molecule has 1 N–H and O–H groups in total. The van der Waals surface area contributed by atoms with Crippen molar-refractivity contribution in [2.45, 2.75) is 32.4 Å². The minimum atomic E-state index is -0.824. The molecule has 0 radical (unpaired) electrons. The van der Waals surface area contributed by atoms with Crippen molar-refractivity contribution >= 4 is 23.9 Å². The third-order valence-corrected chi connectivity index (χ3v) is 7.39. The Hall–Kier alpha value is -5.13. The highest BCUT2D eigenvalue weighted by molar-refractivity contribution is 5.87. The summed E-state index contributed by atoms with van der Waals surface area (Å²) in [4.78, 5) is 44.2. The molecule has 43 heavy (non-hydrogen) atoms. The van der Waals surface area contributed by atoms with Crippen molar-refractivity contribution in [3.63, 3.8) is 0 Å². The molecule has 1 saturated heterocycles. The second-order valence-electron chi connectivity index (χ2n) is 10.7. The number of rotatable bonds is 8. The van der Waals surface area contributed by atoms with Crippen molar-refractivity contribution in [1.82, 2.24) is 29.7 Å². The number of carbonyl (C=O) groups is 2. The Morgan fingerprint density at radius 2 is 2.00 bits per heavy atom. The van der Waals surface area contributed by atoms with Crippen molar-refractivity contribution in [3.8, 4) is 11.7 Å². The van der Waals surface area contributed by atoms with E-state index in [1.807, 2.05) is 47.4 Å². The molecule has 4 aromatic rings. The fraction of sp³-hybridized carbons (Fsp3) is 0.323. The largest absolute Gasteiger partial charge is 0.485 e. The van der Waals surface area contributed by atoms with E-state index >= 15 is 0 Å². The van der Waals surface area contributed by atoms with Crippen molar-refractivity contribution in [1.29, 1.82) is 0 Å². The molecule has 1 unspecified atom stereocenters. The third kappa shape index (κ3) is 6.37. The summed E-state index contributed by atoms with van der Waals surface area (Å²) in [6, 6.07) is 12.3. The maximum Gasteiger partial charge on any atom is 0.410 e. The van der Waals surface area contributed by atoms with E-state index in [2.05, 4.69) is 24.1 Å². The molecule has 1 atom stereocenters. The van der Waals surface area contributed by atoms with Crippen LogP contribution in [0.15, 0.2) is 77.4 Å². The summed E-state index contributed by atoms with van der Waals surface area (Å²) >= 11 is 0. The first-order valence-electron chi connectivity index (χ1n) is 14.2. The van der Waals surface area contributed by atoms with Crippen LogP contribution in [0.4, 0.5) is 10.6 Å². The normalized spacial score (nSPS) is 16.3. The molecule has 0 bridgehead atoms. The minimum absolute atomic E-state index is 0.113. The molecule has 12 nitrogen and oxygen atoms in total. The molecule has 0 spiro atoms. The zero-order valence-electron chi connectivity index (χ0n) is 24.1. The summed E-state index contributed by atoms with van der Waals surface area (Å²) < 4.78 is 18.5. The predicted octanol–water partition coefficient (Wildman–Crippen LogP) is 3.80. The zero-order valence-corrected chi connectivity index (χ0v) is 24.1. The first-order valence-corrected chi connectivity index (χ1v) is 14.2. The Kier molecular flexibility index (Phi) is 8.07. The summed E-state index contributed by atoms with van der Waals surface area (Å²) in [5.41, 5.74) is 2.58. The molecule has 2 aliphatic rings. The molecule has 0 aliphatic carbocycles. The molecular formula is C31H33N7O5. The van der Waals surface area contributed by atoms with Crippen molar-refractivity contribution in [2.24, 2.45) is 0 Å². The maximum absolute atomic E-state index is 13.7. The number of fused-ring (bicyclic) bond motifs is 1. The standard InChI is InChI=1S/C31H33N7O5/c1-21(2)24-15-28(35-30(34-24)37-10-9-32-20-37)36-11-12-38(31(40)43-18-22-6-4-3-5-7-22)25(17-36)29(39)33-16-23-14-27-26(42-19-23)8-13-41-27/h3-10,13-15,20-21,25H,11-12,16-19H2,1-2H3,(H,33,39). The van der Waals surface area contributed by atoms with Crippen LogP contribution in [0.3, 0.4) is 0 Å². The monoisotopic (exact) mass is 583 g/mol.